The Balaban J connectivity index is 1.66. The van der Waals surface area contributed by atoms with Crippen molar-refractivity contribution >= 4 is 5.97 Å². The SMILES string of the molecule is CC(CNC1COC1)C(=O)OCc1ccccc1. The summed E-state index contributed by atoms with van der Waals surface area (Å²) < 4.78 is 10.3. The van der Waals surface area contributed by atoms with Crippen molar-refractivity contribution in [3.8, 4) is 0 Å². The summed E-state index contributed by atoms with van der Waals surface area (Å²) in [5.74, 6) is -0.291. The van der Waals surface area contributed by atoms with Crippen molar-refractivity contribution in [2.75, 3.05) is 19.8 Å². The lowest BCUT2D eigenvalue weighted by molar-refractivity contribution is -0.149. The molecule has 1 saturated heterocycles. The van der Waals surface area contributed by atoms with Crippen LogP contribution in [-0.2, 0) is 20.9 Å². The first-order chi connectivity index (χ1) is 8.75. The fourth-order valence-electron chi connectivity index (χ4n) is 1.65. The number of hydrogen-bond acceptors (Lipinski definition) is 4. The van der Waals surface area contributed by atoms with Gasteiger partial charge in [-0.3, -0.25) is 4.79 Å². The smallest absolute Gasteiger partial charge is 0.310 e. The van der Waals surface area contributed by atoms with Gasteiger partial charge in [-0.2, -0.15) is 0 Å². The molecule has 0 aliphatic carbocycles. The first-order valence-electron chi connectivity index (χ1n) is 6.27. The molecule has 1 atom stereocenters. The van der Waals surface area contributed by atoms with Crippen LogP contribution in [0.25, 0.3) is 0 Å². The fraction of sp³-hybridized carbons (Fsp3) is 0.500. The molecule has 1 aromatic rings. The lowest BCUT2D eigenvalue weighted by Gasteiger charge is -2.27. The van der Waals surface area contributed by atoms with Crippen molar-refractivity contribution in [2.24, 2.45) is 5.92 Å². The van der Waals surface area contributed by atoms with Gasteiger partial charge >= 0.3 is 5.97 Å². The Morgan fingerprint density at radius 2 is 2.17 bits per heavy atom. The largest absolute Gasteiger partial charge is 0.461 e. The second-order valence-corrected chi connectivity index (χ2v) is 4.64. The van der Waals surface area contributed by atoms with Crippen molar-refractivity contribution in [1.29, 1.82) is 0 Å². The highest BCUT2D eigenvalue weighted by atomic mass is 16.5. The normalized spacial score (nSPS) is 16.9. The number of benzene rings is 1. The number of ether oxygens (including phenoxy) is 2. The zero-order valence-corrected chi connectivity index (χ0v) is 10.6. The summed E-state index contributed by atoms with van der Waals surface area (Å²) in [6, 6.07) is 10.1. The van der Waals surface area contributed by atoms with Gasteiger partial charge in [-0.25, -0.2) is 0 Å². The highest BCUT2D eigenvalue weighted by molar-refractivity contribution is 5.72. The molecule has 0 saturated carbocycles. The average molecular weight is 249 g/mol. The molecule has 1 aromatic carbocycles. The third-order valence-electron chi connectivity index (χ3n) is 2.98. The van der Waals surface area contributed by atoms with Gasteiger partial charge in [-0.1, -0.05) is 37.3 Å². The summed E-state index contributed by atoms with van der Waals surface area (Å²) in [6.07, 6.45) is 0. The zero-order valence-electron chi connectivity index (χ0n) is 10.6. The second-order valence-electron chi connectivity index (χ2n) is 4.64. The molecule has 1 fully saturated rings. The Bertz CT molecular complexity index is 376. The van der Waals surface area contributed by atoms with Crippen LogP contribution in [0.2, 0.25) is 0 Å². The molecule has 2 rings (SSSR count). The molecular formula is C14H19NO3. The lowest BCUT2D eigenvalue weighted by atomic mass is 10.1. The molecule has 1 N–H and O–H groups in total. The van der Waals surface area contributed by atoms with E-state index in [2.05, 4.69) is 5.32 Å². The Labute approximate surface area is 107 Å². The van der Waals surface area contributed by atoms with Gasteiger partial charge in [-0.15, -0.1) is 0 Å². The molecule has 4 heteroatoms. The third kappa shape index (κ3) is 3.82. The van der Waals surface area contributed by atoms with Crippen molar-refractivity contribution in [3.63, 3.8) is 0 Å². The van der Waals surface area contributed by atoms with Crippen LogP contribution in [0, 0.1) is 5.92 Å². The maximum atomic E-state index is 11.7. The summed E-state index contributed by atoms with van der Waals surface area (Å²) in [6.45, 7) is 4.34. The van der Waals surface area contributed by atoms with Crippen LogP contribution in [0.4, 0.5) is 0 Å². The molecule has 4 nitrogen and oxygen atoms in total. The molecule has 0 bridgehead atoms. The highest BCUT2D eigenvalue weighted by Crippen LogP contribution is 2.06. The van der Waals surface area contributed by atoms with Gasteiger partial charge in [0.2, 0.25) is 0 Å². The Morgan fingerprint density at radius 1 is 1.44 bits per heavy atom. The monoisotopic (exact) mass is 249 g/mol. The standard InChI is InChI=1S/C14H19NO3/c1-11(7-15-13-9-17-10-13)14(16)18-8-12-5-3-2-4-6-12/h2-6,11,13,15H,7-10H2,1H3. The van der Waals surface area contributed by atoms with Gasteiger partial charge < -0.3 is 14.8 Å². The maximum Gasteiger partial charge on any atom is 0.310 e. The summed E-state index contributed by atoms with van der Waals surface area (Å²) >= 11 is 0. The Morgan fingerprint density at radius 3 is 2.78 bits per heavy atom. The van der Waals surface area contributed by atoms with Gasteiger partial charge in [0.1, 0.15) is 6.61 Å². The summed E-state index contributed by atoms with van der Waals surface area (Å²) in [5, 5.41) is 3.27. The van der Waals surface area contributed by atoms with E-state index in [1.807, 2.05) is 37.3 Å². The Hall–Kier alpha value is -1.39. The van der Waals surface area contributed by atoms with E-state index in [0.29, 0.717) is 19.2 Å². The molecule has 1 aliphatic heterocycles. The van der Waals surface area contributed by atoms with Gasteiger partial charge in [0.15, 0.2) is 0 Å². The average Bonchev–Trinajstić information content (AvgIpc) is 2.35. The van der Waals surface area contributed by atoms with E-state index in [0.717, 1.165) is 18.8 Å². The van der Waals surface area contributed by atoms with E-state index >= 15 is 0 Å². The number of carbonyl (C=O) groups excluding carboxylic acids is 1. The Kier molecular flexibility index (Phi) is 4.73. The minimum atomic E-state index is -0.161. The zero-order chi connectivity index (χ0) is 12.8. The topological polar surface area (TPSA) is 47.6 Å². The van der Waals surface area contributed by atoms with E-state index in [1.165, 1.54) is 0 Å². The number of rotatable bonds is 6. The molecule has 1 aliphatic rings. The predicted molar refractivity (Wildman–Crippen MR) is 68.0 cm³/mol. The maximum absolute atomic E-state index is 11.7. The number of nitrogens with one attached hydrogen (secondary N) is 1. The van der Waals surface area contributed by atoms with Crippen molar-refractivity contribution in [1.82, 2.24) is 5.32 Å². The lowest BCUT2D eigenvalue weighted by Crippen LogP contribution is -2.48. The van der Waals surface area contributed by atoms with Gasteiger partial charge in [-0.05, 0) is 5.56 Å². The molecule has 0 aromatic heterocycles. The van der Waals surface area contributed by atoms with Crippen LogP contribution >= 0.6 is 0 Å². The summed E-state index contributed by atoms with van der Waals surface area (Å²) in [5.41, 5.74) is 1.01. The first kappa shape index (κ1) is 13.1. The van der Waals surface area contributed by atoms with E-state index in [9.17, 15) is 4.79 Å². The molecule has 18 heavy (non-hydrogen) atoms. The second kappa shape index (κ2) is 6.52. The fourth-order valence-corrected chi connectivity index (χ4v) is 1.65. The van der Waals surface area contributed by atoms with Crippen LogP contribution in [0.5, 0.6) is 0 Å². The molecule has 0 radical (unpaired) electrons. The minimum Gasteiger partial charge on any atom is -0.461 e. The quantitative estimate of drug-likeness (QED) is 0.773. The number of esters is 1. The number of hydrogen-bond donors (Lipinski definition) is 1. The van der Waals surface area contributed by atoms with E-state index in [4.69, 9.17) is 9.47 Å². The van der Waals surface area contributed by atoms with Crippen LogP contribution in [-0.4, -0.2) is 31.8 Å². The number of carbonyl (C=O) groups is 1. The molecule has 1 heterocycles. The van der Waals surface area contributed by atoms with Crippen LogP contribution in [0.1, 0.15) is 12.5 Å². The first-order valence-corrected chi connectivity index (χ1v) is 6.27. The molecule has 98 valence electrons. The predicted octanol–water partition coefficient (Wildman–Crippen LogP) is 1.35. The van der Waals surface area contributed by atoms with E-state index in [1.54, 1.807) is 0 Å². The molecular weight excluding hydrogens is 230 g/mol. The molecule has 1 unspecified atom stereocenters. The minimum absolute atomic E-state index is 0.130. The van der Waals surface area contributed by atoms with Gasteiger partial charge in [0.25, 0.3) is 0 Å². The third-order valence-corrected chi connectivity index (χ3v) is 2.98. The summed E-state index contributed by atoms with van der Waals surface area (Å²) in [7, 11) is 0. The van der Waals surface area contributed by atoms with Crippen LogP contribution in [0.3, 0.4) is 0 Å². The van der Waals surface area contributed by atoms with E-state index < -0.39 is 0 Å². The van der Waals surface area contributed by atoms with Gasteiger partial charge in [0, 0.05) is 6.54 Å². The van der Waals surface area contributed by atoms with E-state index in [-0.39, 0.29) is 11.9 Å². The molecule has 0 spiro atoms. The van der Waals surface area contributed by atoms with Gasteiger partial charge in [0.05, 0.1) is 25.2 Å². The van der Waals surface area contributed by atoms with Crippen LogP contribution < -0.4 is 5.32 Å². The summed E-state index contributed by atoms with van der Waals surface area (Å²) in [4.78, 5) is 11.7. The van der Waals surface area contributed by atoms with Crippen molar-refractivity contribution < 1.29 is 14.3 Å². The molecule has 0 amide bonds. The highest BCUT2D eigenvalue weighted by Gasteiger charge is 2.21. The van der Waals surface area contributed by atoms with Crippen molar-refractivity contribution in [3.05, 3.63) is 35.9 Å². The van der Waals surface area contributed by atoms with Crippen LogP contribution in [0.15, 0.2) is 30.3 Å². The van der Waals surface area contributed by atoms with Crippen molar-refractivity contribution in [2.45, 2.75) is 19.6 Å².